The van der Waals surface area contributed by atoms with Gasteiger partial charge in [0.1, 0.15) is 5.82 Å². The summed E-state index contributed by atoms with van der Waals surface area (Å²) >= 11 is 0. The van der Waals surface area contributed by atoms with Crippen molar-refractivity contribution >= 4 is 22.4 Å². The molecule has 0 spiro atoms. The van der Waals surface area contributed by atoms with Crippen molar-refractivity contribution in [3.05, 3.63) is 53.6 Å². The van der Waals surface area contributed by atoms with Crippen LogP contribution in [0, 0.1) is 6.92 Å². The molecule has 0 aliphatic carbocycles. The van der Waals surface area contributed by atoms with Crippen molar-refractivity contribution in [3.8, 4) is 0 Å². The van der Waals surface area contributed by atoms with E-state index in [0.29, 0.717) is 6.54 Å². The van der Waals surface area contributed by atoms with Crippen molar-refractivity contribution in [2.45, 2.75) is 13.5 Å². The lowest BCUT2D eigenvalue weighted by molar-refractivity contribution is 0.0990. The molecule has 1 aliphatic rings. The van der Waals surface area contributed by atoms with Crippen LogP contribution in [0.3, 0.4) is 0 Å². The number of hydrogen-bond donors (Lipinski definition) is 0. The fraction of sp³-hybridized carbons (Fsp3) is 0.188. The van der Waals surface area contributed by atoms with Gasteiger partial charge in [-0.25, -0.2) is 0 Å². The van der Waals surface area contributed by atoms with Crippen molar-refractivity contribution in [2.75, 3.05) is 4.90 Å². The average Bonchev–Trinajstić information content (AvgIpc) is 2.96. The van der Waals surface area contributed by atoms with Crippen LogP contribution in [0.2, 0.25) is 0 Å². The fourth-order valence-corrected chi connectivity index (χ4v) is 2.87. The minimum atomic E-state index is 0.0300. The standard InChI is InChI=1S/C16H14N4O/c1-10-17-18-14(19(10)2)9-20-13-8-4-6-11-5-3-7-12(15(11)13)16(20)21/h3-8H,9H2,1-2H3. The number of benzene rings is 2. The summed E-state index contributed by atoms with van der Waals surface area (Å²) in [5.74, 6) is 1.65. The highest BCUT2D eigenvalue weighted by Crippen LogP contribution is 2.37. The van der Waals surface area contributed by atoms with Gasteiger partial charge in [0.05, 0.1) is 12.2 Å². The largest absolute Gasteiger partial charge is 0.317 e. The summed E-state index contributed by atoms with van der Waals surface area (Å²) in [6.07, 6.45) is 0. The number of aryl methyl sites for hydroxylation is 1. The smallest absolute Gasteiger partial charge is 0.259 e. The van der Waals surface area contributed by atoms with Crippen molar-refractivity contribution in [2.24, 2.45) is 7.05 Å². The third kappa shape index (κ3) is 1.60. The Bertz CT molecular complexity index is 876. The first-order valence-corrected chi connectivity index (χ1v) is 6.85. The molecule has 2 heterocycles. The first-order valence-electron chi connectivity index (χ1n) is 6.85. The van der Waals surface area contributed by atoms with Gasteiger partial charge in [-0.3, -0.25) is 4.79 Å². The van der Waals surface area contributed by atoms with Gasteiger partial charge in [0.15, 0.2) is 5.82 Å². The first kappa shape index (κ1) is 12.1. The number of aromatic nitrogens is 3. The molecular weight excluding hydrogens is 264 g/mol. The van der Waals surface area contributed by atoms with Crippen LogP contribution in [0.15, 0.2) is 36.4 Å². The fourth-order valence-electron chi connectivity index (χ4n) is 2.87. The average molecular weight is 278 g/mol. The van der Waals surface area contributed by atoms with E-state index in [1.807, 2.05) is 54.9 Å². The molecule has 4 rings (SSSR count). The highest BCUT2D eigenvalue weighted by molar-refractivity contribution is 6.24. The van der Waals surface area contributed by atoms with E-state index in [0.717, 1.165) is 33.7 Å². The van der Waals surface area contributed by atoms with E-state index < -0.39 is 0 Å². The Morgan fingerprint density at radius 2 is 1.86 bits per heavy atom. The van der Waals surface area contributed by atoms with E-state index in [4.69, 9.17) is 0 Å². The topological polar surface area (TPSA) is 51.0 Å². The Morgan fingerprint density at radius 3 is 2.57 bits per heavy atom. The zero-order chi connectivity index (χ0) is 14.6. The Morgan fingerprint density at radius 1 is 1.10 bits per heavy atom. The maximum Gasteiger partial charge on any atom is 0.259 e. The molecule has 0 unspecified atom stereocenters. The van der Waals surface area contributed by atoms with Crippen LogP contribution < -0.4 is 4.90 Å². The molecule has 0 fully saturated rings. The van der Waals surface area contributed by atoms with Crippen molar-refractivity contribution in [1.29, 1.82) is 0 Å². The van der Waals surface area contributed by atoms with Crippen LogP contribution in [0.1, 0.15) is 22.0 Å². The van der Waals surface area contributed by atoms with E-state index in [1.165, 1.54) is 0 Å². The summed E-state index contributed by atoms with van der Waals surface area (Å²) < 4.78 is 1.91. The Labute approximate surface area is 121 Å². The number of nitrogens with zero attached hydrogens (tertiary/aromatic N) is 4. The number of hydrogen-bond acceptors (Lipinski definition) is 3. The highest BCUT2D eigenvalue weighted by atomic mass is 16.2. The zero-order valence-corrected chi connectivity index (χ0v) is 11.9. The van der Waals surface area contributed by atoms with Gasteiger partial charge in [-0.2, -0.15) is 0 Å². The SMILES string of the molecule is Cc1nnc(CN2C(=O)c3cccc4cccc2c34)n1C. The molecule has 0 N–H and O–H groups in total. The molecule has 2 aromatic carbocycles. The lowest BCUT2D eigenvalue weighted by Gasteiger charge is -2.17. The number of rotatable bonds is 2. The van der Waals surface area contributed by atoms with Crippen molar-refractivity contribution in [1.82, 2.24) is 14.8 Å². The summed E-state index contributed by atoms with van der Waals surface area (Å²) in [5, 5.41) is 10.3. The second kappa shape index (κ2) is 4.15. The molecule has 104 valence electrons. The lowest BCUT2D eigenvalue weighted by Crippen LogP contribution is -2.27. The molecular formula is C16H14N4O. The number of amides is 1. The molecule has 0 saturated carbocycles. The van der Waals surface area contributed by atoms with E-state index in [1.54, 1.807) is 4.90 Å². The van der Waals surface area contributed by atoms with Crippen LogP contribution in [-0.2, 0) is 13.6 Å². The van der Waals surface area contributed by atoms with Crippen LogP contribution in [0.4, 0.5) is 5.69 Å². The zero-order valence-electron chi connectivity index (χ0n) is 11.9. The molecule has 0 atom stereocenters. The van der Waals surface area contributed by atoms with Gasteiger partial charge in [0, 0.05) is 18.0 Å². The number of carbonyl (C=O) groups excluding carboxylic acids is 1. The van der Waals surface area contributed by atoms with Gasteiger partial charge in [0.25, 0.3) is 5.91 Å². The van der Waals surface area contributed by atoms with Crippen molar-refractivity contribution in [3.63, 3.8) is 0 Å². The second-order valence-corrected chi connectivity index (χ2v) is 5.29. The normalized spacial score (nSPS) is 13.4. The van der Waals surface area contributed by atoms with Gasteiger partial charge < -0.3 is 9.47 Å². The quantitative estimate of drug-likeness (QED) is 0.723. The van der Waals surface area contributed by atoms with E-state index >= 15 is 0 Å². The van der Waals surface area contributed by atoms with Gasteiger partial charge in [0.2, 0.25) is 0 Å². The van der Waals surface area contributed by atoms with Gasteiger partial charge in [-0.1, -0.05) is 24.3 Å². The Hall–Kier alpha value is -2.69. The predicted molar refractivity (Wildman–Crippen MR) is 80.2 cm³/mol. The molecule has 5 nitrogen and oxygen atoms in total. The summed E-state index contributed by atoms with van der Waals surface area (Å²) in [5.41, 5.74) is 1.72. The summed E-state index contributed by atoms with van der Waals surface area (Å²) in [7, 11) is 1.92. The molecule has 0 saturated heterocycles. The molecule has 1 amide bonds. The van der Waals surface area contributed by atoms with Crippen LogP contribution in [0.25, 0.3) is 10.8 Å². The summed E-state index contributed by atoms with van der Waals surface area (Å²) in [4.78, 5) is 14.4. The maximum absolute atomic E-state index is 12.7. The third-order valence-corrected chi connectivity index (χ3v) is 4.13. The van der Waals surface area contributed by atoms with Crippen LogP contribution in [0.5, 0.6) is 0 Å². The lowest BCUT2D eigenvalue weighted by atomic mass is 10.1. The Kier molecular flexibility index (Phi) is 2.39. The Balaban J connectivity index is 1.84. The maximum atomic E-state index is 12.7. The van der Waals surface area contributed by atoms with Crippen LogP contribution in [-0.4, -0.2) is 20.7 Å². The molecule has 3 aromatic rings. The van der Waals surface area contributed by atoms with Gasteiger partial charge >= 0.3 is 0 Å². The summed E-state index contributed by atoms with van der Waals surface area (Å²) in [6.45, 7) is 2.34. The minimum Gasteiger partial charge on any atom is -0.317 e. The third-order valence-electron chi connectivity index (χ3n) is 4.13. The van der Waals surface area contributed by atoms with Crippen LogP contribution >= 0.6 is 0 Å². The van der Waals surface area contributed by atoms with E-state index in [2.05, 4.69) is 10.2 Å². The molecule has 21 heavy (non-hydrogen) atoms. The summed E-state index contributed by atoms with van der Waals surface area (Å²) in [6, 6.07) is 11.8. The predicted octanol–water partition coefficient (Wildman–Crippen LogP) is 2.44. The van der Waals surface area contributed by atoms with Gasteiger partial charge in [-0.05, 0) is 24.4 Å². The number of carbonyl (C=O) groups is 1. The molecule has 1 aromatic heterocycles. The van der Waals surface area contributed by atoms with Crippen molar-refractivity contribution < 1.29 is 4.79 Å². The van der Waals surface area contributed by atoms with E-state index in [-0.39, 0.29) is 5.91 Å². The minimum absolute atomic E-state index is 0.0300. The molecule has 1 aliphatic heterocycles. The number of anilines is 1. The monoisotopic (exact) mass is 278 g/mol. The second-order valence-electron chi connectivity index (χ2n) is 5.29. The van der Waals surface area contributed by atoms with E-state index in [9.17, 15) is 4.79 Å². The first-order chi connectivity index (χ1) is 10.2. The molecule has 0 radical (unpaired) electrons. The van der Waals surface area contributed by atoms with Gasteiger partial charge in [-0.15, -0.1) is 10.2 Å². The molecule has 0 bridgehead atoms. The molecule has 5 heteroatoms. The highest BCUT2D eigenvalue weighted by Gasteiger charge is 2.30.